The molecule has 0 N–H and O–H groups in total. The average molecular weight is 460 g/mol. The maximum Gasteiger partial charge on any atom is 0.338 e. The lowest BCUT2D eigenvalue weighted by atomic mass is 10.1. The zero-order chi connectivity index (χ0) is 24.5. The van der Waals surface area contributed by atoms with E-state index in [4.69, 9.17) is 14.2 Å². The number of nitrogens with zero attached hydrogens (tertiary/aromatic N) is 2. The first-order valence-electron chi connectivity index (χ1n) is 9.76. The van der Waals surface area contributed by atoms with Gasteiger partial charge in [-0.1, -0.05) is 20.3 Å². The summed E-state index contributed by atoms with van der Waals surface area (Å²) >= 11 is 0. The summed E-state index contributed by atoms with van der Waals surface area (Å²) in [6.07, 6.45) is 0.910. The molecule has 13 nitrogen and oxygen atoms in total. The number of esters is 2. The van der Waals surface area contributed by atoms with E-state index >= 15 is 0 Å². The molecule has 0 saturated heterocycles. The van der Waals surface area contributed by atoms with E-state index in [0.717, 1.165) is 0 Å². The molecule has 1 aromatic rings. The largest absolute Gasteiger partial charge is 0.493 e. The number of hydrogen-bond acceptors (Lipinski definition) is 11. The van der Waals surface area contributed by atoms with Crippen molar-refractivity contribution >= 4 is 11.9 Å². The van der Waals surface area contributed by atoms with Crippen molar-refractivity contribution in [2.24, 2.45) is 0 Å². The van der Waals surface area contributed by atoms with Crippen LogP contribution in [0.5, 0.6) is 11.5 Å². The summed E-state index contributed by atoms with van der Waals surface area (Å²) in [5, 5.41) is 18.4. The van der Waals surface area contributed by atoms with Gasteiger partial charge in [-0.3, -0.25) is 4.79 Å². The van der Waals surface area contributed by atoms with Gasteiger partial charge in [0.05, 0.1) is 19.3 Å². The van der Waals surface area contributed by atoms with Crippen LogP contribution in [0.2, 0.25) is 0 Å². The van der Waals surface area contributed by atoms with E-state index in [2.05, 4.69) is 23.5 Å². The fourth-order valence-corrected chi connectivity index (χ4v) is 2.19. The molecule has 1 aromatic carbocycles. The maximum absolute atomic E-state index is 12.1. The quantitative estimate of drug-likeness (QED) is 0.139. The summed E-state index contributed by atoms with van der Waals surface area (Å²) in [5.41, 5.74) is 0.173. The van der Waals surface area contributed by atoms with Crippen LogP contribution >= 0.6 is 0 Å². The van der Waals surface area contributed by atoms with Crippen molar-refractivity contribution in [3.63, 3.8) is 0 Å². The molecule has 1 rings (SSSR count). The first kappa shape index (κ1) is 28.4. The van der Waals surface area contributed by atoms with Crippen molar-refractivity contribution in [2.75, 3.05) is 20.3 Å². The minimum Gasteiger partial charge on any atom is -0.493 e. The topological polar surface area (TPSA) is 167 Å². The summed E-state index contributed by atoms with van der Waals surface area (Å²) in [5.74, 6) is -0.848. The number of unbranched alkanes of at least 4 members (excludes halogenated alkanes) is 1. The molecule has 0 aliphatic carbocycles. The summed E-state index contributed by atoms with van der Waals surface area (Å²) in [7, 11) is 1.35. The molecule has 13 heteroatoms. The van der Waals surface area contributed by atoms with Gasteiger partial charge in [0, 0.05) is 6.92 Å². The Labute approximate surface area is 184 Å². The molecule has 0 fully saturated rings. The van der Waals surface area contributed by atoms with Gasteiger partial charge in [-0.25, -0.2) is 4.79 Å². The third-order valence-electron chi connectivity index (χ3n) is 3.41. The average Bonchev–Trinajstić information content (AvgIpc) is 2.71. The molecular weight excluding hydrogens is 432 g/mol. The van der Waals surface area contributed by atoms with Crippen LogP contribution in [-0.2, 0) is 19.2 Å². The third-order valence-corrected chi connectivity index (χ3v) is 3.41. The van der Waals surface area contributed by atoms with Gasteiger partial charge in [0.2, 0.25) is 0 Å². The zero-order valence-electron chi connectivity index (χ0n) is 18.4. The van der Waals surface area contributed by atoms with Crippen LogP contribution < -0.4 is 9.47 Å². The Balaban J connectivity index is 0.00000302. The number of hydrogen-bond donors (Lipinski definition) is 0. The summed E-state index contributed by atoms with van der Waals surface area (Å²) in [6.45, 7) is 4.91. The Hall–Kier alpha value is -3.64. The third kappa shape index (κ3) is 12.8. The summed E-state index contributed by atoms with van der Waals surface area (Å²) in [6, 6.07) is 4.15. The van der Waals surface area contributed by atoms with E-state index in [1.807, 2.05) is 0 Å². The standard InChI is InChI=1S/C16H20N2O11.C3H8/c1-11(19)28-14-7-6-12(9-15(14)25-2)16(20)26-8-4-3-5-13(29-18(23)24)10-27-17(21)22;1-3-2/h6-7,9,13H,3-5,8,10H2,1-2H3;3H2,1-2H3. The molecule has 0 saturated carbocycles. The van der Waals surface area contributed by atoms with Gasteiger partial charge in [0.15, 0.2) is 11.5 Å². The van der Waals surface area contributed by atoms with Crippen molar-refractivity contribution in [1.82, 2.24) is 0 Å². The van der Waals surface area contributed by atoms with Crippen molar-refractivity contribution in [2.45, 2.75) is 52.6 Å². The van der Waals surface area contributed by atoms with Crippen LogP contribution in [0.4, 0.5) is 0 Å². The van der Waals surface area contributed by atoms with Gasteiger partial charge in [-0.2, -0.15) is 0 Å². The Kier molecular flexibility index (Phi) is 14.3. The molecular formula is C19H28N2O11. The van der Waals surface area contributed by atoms with Crippen molar-refractivity contribution < 1.29 is 43.6 Å². The second kappa shape index (κ2) is 16.1. The second-order valence-corrected chi connectivity index (χ2v) is 6.27. The van der Waals surface area contributed by atoms with Crippen LogP contribution in [0.25, 0.3) is 0 Å². The molecule has 0 radical (unpaired) electrons. The molecule has 0 aliphatic rings. The highest BCUT2D eigenvalue weighted by molar-refractivity contribution is 5.90. The van der Waals surface area contributed by atoms with Gasteiger partial charge in [0.1, 0.15) is 12.7 Å². The Morgan fingerprint density at radius 3 is 2.25 bits per heavy atom. The van der Waals surface area contributed by atoms with E-state index in [1.165, 1.54) is 38.7 Å². The fraction of sp³-hybridized carbons (Fsp3) is 0.579. The zero-order valence-corrected chi connectivity index (χ0v) is 18.4. The lowest BCUT2D eigenvalue weighted by Crippen LogP contribution is -2.24. The van der Waals surface area contributed by atoms with Gasteiger partial charge < -0.3 is 23.9 Å². The highest BCUT2D eigenvalue weighted by Crippen LogP contribution is 2.28. The first-order valence-corrected chi connectivity index (χ1v) is 9.76. The number of ether oxygens (including phenoxy) is 3. The second-order valence-electron chi connectivity index (χ2n) is 6.27. The van der Waals surface area contributed by atoms with Crippen molar-refractivity contribution in [3.05, 3.63) is 44.0 Å². The molecule has 1 unspecified atom stereocenters. The smallest absolute Gasteiger partial charge is 0.338 e. The van der Waals surface area contributed by atoms with Crippen molar-refractivity contribution in [1.29, 1.82) is 0 Å². The minimum atomic E-state index is -1.11. The van der Waals surface area contributed by atoms with E-state index in [0.29, 0.717) is 12.8 Å². The monoisotopic (exact) mass is 460 g/mol. The number of benzene rings is 1. The molecule has 0 amide bonds. The number of carbonyl (C=O) groups excluding carboxylic acids is 2. The van der Waals surface area contributed by atoms with Crippen molar-refractivity contribution in [3.8, 4) is 11.5 Å². The Morgan fingerprint density at radius 1 is 1.06 bits per heavy atom. The fourth-order valence-electron chi connectivity index (χ4n) is 2.19. The van der Waals surface area contributed by atoms with Crippen LogP contribution in [0.3, 0.4) is 0 Å². The number of methoxy groups -OCH3 is 1. The molecule has 0 bridgehead atoms. The number of rotatable bonds is 13. The molecule has 0 heterocycles. The lowest BCUT2D eigenvalue weighted by molar-refractivity contribution is -0.790. The Morgan fingerprint density at radius 2 is 1.72 bits per heavy atom. The predicted octanol–water partition coefficient (Wildman–Crippen LogP) is 3.15. The van der Waals surface area contributed by atoms with Gasteiger partial charge in [0.25, 0.3) is 10.2 Å². The SMILES string of the molecule is CCC.COc1cc(C(=O)OCCCCC(CO[N+](=O)[O-])O[N+](=O)[O-])ccc1OC(C)=O. The van der Waals surface area contributed by atoms with Gasteiger partial charge >= 0.3 is 11.9 Å². The Bertz CT molecular complexity index is 755. The first-order chi connectivity index (χ1) is 15.1. The lowest BCUT2D eigenvalue weighted by Gasteiger charge is -2.13. The minimum absolute atomic E-state index is 0.00806. The highest BCUT2D eigenvalue weighted by atomic mass is 17.0. The molecule has 0 spiro atoms. The molecule has 0 aromatic heterocycles. The summed E-state index contributed by atoms with van der Waals surface area (Å²) < 4.78 is 15.1. The van der Waals surface area contributed by atoms with Crippen LogP contribution in [0.1, 0.15) is 56.8 Å². The van der Waals surface area contributed by atoms with E-state index in [9.17, 15) is 29.8 Å². The van der Waals surface area contributed by atoms with Crippen LogP contribution in [0.15, 0.2) is 18.2 Å². The van der Waals surface area contributed by atoms with E-state index < -0.39 is 34.8 Å². The number of carbonyl (C=O) groups is 2. The normalized spacial score (nSPS) is 10.6. The van der Waals surface area contributed by atoms with E-state index in [-0.39, 0.29) is 30.1 Å². The van der Waals surface area contributed by atoms with E-state index in [1.54, 1.807) is 0 Å². The molecule has 0 aliphatic heterocycles. The predicted molar refractivity (Wildman–Crippen MR) is 109 cm³/mol. The van der Waals surface area contributed by atoms with Gasteiger partial charge in [-0.05, 0) is 37.5 Å². The highest BCUT2D eigenvalue weighted by Gasteiger charge is 2.16. The molecule has 1 atom stereocenters. The molecule has 32 heavy (non-hydrogen) atoms. The summed E-state index contributed by atoms with van der Waals surface area (Å²) in [4.78, 5) is 52.0. The maximum atomic E-state index is 12.1. The molecule has 180 valence electrons. The van der Waals surface area contributed by atoms with Crippen LogP contribution in [-0.4, -0.2) is 48.5 Å². The van der Waals surface area contributed by atoms with Crippen LogP contribution in [0, 0.1) is 20.2 Å². The van der Waals surface area contributed by atoms with Gasteiger partial charge in [-0.15, -0.1) is 20.2 Å².